The highest BCUT2D eigenvalue weighted by Gasteiger charge is 2.30. The molecule has 2 N–H and O–H groups in total. The Labute approximate surface area is 105 Å². The number of nitrogens with two attached hydrogens (primary N) is 1. The summed E-state index contributed by atoms with van der Waals surface area (Å²) in [6.45, 7) is 5.29. The fourth-order valence-corrected chi connectivity index (χ4v) is 3.05. The summed E-state index contributed by atoms with van der Waals surface area (Å²) in [7, 11) is 0. The van der Waals surface area contributed by atoms with Crippen molar-refractivity contribution < 1.29 is 0 Å². The van der Waals surface area contributed by atoms with Crippen molar-refractivity contribution in [2.24, 2.45) is 11.7 Å². The molecule has 2 atom stereocenters. The molecule has 0 amide bonds. The van der Waals surface area contributed by atoms with Crippen molar-refractivity contribution in [3.05, 3.63) is 35.9 Å². The van der Waals surface area contributed by atoms with E-state index < -0.39 is 0 Å². The van der Waals surface area contributed by atoms with Gasteiger partial charge in [0, 0.05) is 12.6 Å². The molecule has 2 unspecified atom stereocenters. The lowest BCUT2D eigenvalue weighted by Crippen LogP contribution is -2.39. The van der Waals surface area contributed by atoms with Crippen molar-refractivity contribution in [3.8, 4) is 0 Å². The van der Waals surface area contributed by atoms with Gasteiger partial charge in [0.15, 0.2) is 0 Å². The summed E-state index contributed by atoms with van der Waals surface area (Å²) >= 11 is 0. The number of nitrogens with zero attached hydrogens (tertiary/aromatic N) is 1. The first-order valence-corrected chi connectivity index (χ1v) is 6.83. The Morgan fingerprint density at radius 2 is 2.00 bits per heavy atom. The van der Waals surface area contributed by atoms with Crippen molar-refractivity contribution in [1.82, 2.24) is 4.90 Å². The number of rotatable bonds is 5. The van der Waals surface area contributed by atoms with Crippen LogP contribution >= 0.6 is 0 Å². The summed E-state index contributed by atoms with van der Waals surface area (Å²) in [5.74, 6) is 0.707. The third-order valence-electron chi connectivity index (χ3n) is 4.03. The first kappa shape index (κ1) is 12.6. The van der Waals surface area contributed by atoms with Crippen LogP contribution in [0.2, 0.25) is 0 Å². The Morgan fingerprint density at radius 3 is 2.65 bits per heavy atom. The summed E-state index contributed by atoms with van der Waals surface area (Å²) < 4.78 is 0. The van der Waals surface area contributed by atoms with Crippen molar-refractivity contribution >= 4 is 0 Å². The molecule has 0 aliphatic heterocycles. The highest BCUT2D eigenvalue weighted by molar-refractivity contribution is 5.14. The van der Waals surface area contributed by atoms with Crippen LogP contribution in [-0.4, -0.2) is 24.0 Å². The Balaban J connectivity index is 2.01. The summed E-state index contributed by atoms with van der Waals surface area (Å²) in [5, 5.41) is 0. The highest BCUT2D eigenvalue weighted by Crippen LogP contribution is 2.30. The zero-order valence-electron chi connectivity index (χ0n) is 10.8. The number of benzene rings is 1. The SMILES string of the molecule is CCN(Cc1ccccc1)C1CCCC1CN. The molecule has 17 heavy (non-hydrogen) atoms. The average molecular weight is 232 g/mol. The summed E-state index contributed by atoms with van der Waals surface area (Å²) in [4.78, 5) is 2.60. The van der Waals surface area contributed by atoms with E-state index in [0.717, 1.165) is 19.6 Å². The minimum absolute atomic E-state index is 0.699. The van der Waals surface area contributed by atoms with Crippen LogP contribution in [0.3, 0.4) is 0 Å². The Bertz CT molecular complexity index is 323. The molecule has 0 aromatic heterocycles. The van der Waals surface area contributed by atoms with Gasteiger partial charge in [-0.3, -0.25) is 4.90 Å². The molecule has 94 valence electrons. The van der Waals surface area contributed by atoms with Gasteiger partial charge in [0.05, 0.1) is 0 Å². The maximum absolute atomic E-state index is 5.88. The summed E-state index contributed by atoms with van der Waals surface area (Å²) in [5.41, 5.74) is 7.30. The molecule has 1 aromatic carbocycles. The van der Waals surface area contributed by atoms with Gasteiger partial charge in [0.2, 0.25) is 0 Å². The van der Waals surface area contributed by atoms with Gasteiger partial charge in [-0.15, -0.1) is 0 Å². The first-order chi connectivity index (χ1) is 8.35. The van der Waals surface area contributed by atoms with E-state index in [2.05, 4.69) is 42.2 Å². The second-order valence-corrected chi connectivity index (χ2v) is 5.04. The highest BCUT2D eigenvalue weighted by atomic mass is 15.2. The van der Waals surface area contributed by atoms with Gasteiger partial charge in [-0.05, 0) is 37.4 Å². The third kappa shape index (κ3) is 3.08. The minimum Gasteiger partial charge on any atom is -0.330 e. The molecule has 0 bridgehead atoms. The van der Waals surface area contributed by atoms with E-state index in [1.54, 1.807) is 0 Å². The monoisotopic (exact) mass is 232 g/mol. The Hall–Kier alpha value is -0.860. The smallest absolute Gasteiger partial charge is 0.0236 e. The fraction of sp³-hybridized carbons (Fsp3) is 0.600. The second kappa shape index (κ2) is 6.18. The molecule has 1 fully saturated rings. The van der Waals surface area contributed by atoms with Gasteiger partial charge in [0.25, 0.3) is 0 Å². The molecule has 1 saturated carbocycles. The maximum Gasteiger partial charge on any atom is 0.0236 e. The quantitative estimate of drug-likeness (QED) is 0.845. The van der Waals surface area contributed by atoms with Gasteiger partial charge in [0.1, 0.15) is 0 Å². The zero-order chi connectivity index (χ0) is 12.1. The molecule has 2 heteroatoms. The van der Waals surface area contributed by atoms with E-state index in [0.29, 0.717) is 12.0 Å². The zero-order valence-corrected chi connectivity index (χ0v) is 10.8. The summed E-state index contributed by atoms with van der Waals surface area (Å²) in [6.07, 6.45) is 3.98. The second-order valence-electron chi connectivity index (χ2n) is 5.04. The molecule has 0 radical (unpaired) electrons. The van der Waals surface area contributed by atoms with E-state index >= 15 is 0 Å². The van der Waals surface area contributed by atoms with Crippen LogP contribution in [0.15, 0.2) is 30.3 Å². The van der Waals surface area contributed by atoms with E-state index in [1.165, 1.54) is 24.8 Å². The van der Waals surface area contributed by atoms with Crippen molar-refractivity contribution in [2.75, 3.05) is 13.1 Å². The first-order valence-electron chi connectivity index (χ1n) is 6.83. The van der Waals surface area contributed by atoms with E-state index in [1.807, 2.05) is 0 Å². The number of hydrogen-bond acceptors (Lipinski definition) is 2. The molecule has 1 aromatic rings. The molecule has 1 aliphatic rings. The largest absolute Gasteiger partial charge is 0.330 e. The molecule has 0 spiro atoms. The average Bonchev–Trinajstić information content (AvgIpc) is 2.85. The molecule has 2 rings (SSSR count). The normalized spacial score (nSPS) is 24.4. The molecule has 0 heterocycles. The lowest BCUT2D eigenvalue weighted by molar-refractivity contribution is 0.162. The van der Waals surface area contributed by atoms with E-state index in [9.17, 15) is 0 Å². The van der Waals surface area contributed by atoms with Crippen molar-refractivity contribution in [2.45, 2.75) is 38.8 Å². The summed E-state index contributed by atoms with van der Waals surface area (Å²) in [6, 6.07) is 11.5. The lowest BCUT2D eigenvalue weighted by Gasteiger charge is -2.31. The van der Waals surface area contributed by atoms with E-state index in [4.69, 9.17) is 5.73 Å². The van der Waals surface area contributed by atoms with Gasteiger partial charge < -0.3 is 5.73 Å². The molecule has 2 nitrogen and oxygen atoms in total. The van der Waals surface area contributed by atoms with Crippen molar-refractivity contribution in [1.29, 1.82) is 0 Å². The van der Waals surface area contributed by atoms with Gasteiger partial charge in [-0.25, -0.2) is 0 Å². The lowest BCUT2D eigenvalue weighted by atomic mass is 10.0. The third-order valence-corrected chi connectivity index (χ3v) is 4.03. The molecular formula is C15H24N2. The number of hydrogen-bond donors (Lipinski definition) is 1. The van der Waals surface area contributed by atoms with E-state index in [-0.39, 0.29) is 0 Å². The minimum atomic E-state index is 0.699. The van der Waals surface area contributed by atoms with Gasteiger partial charge in [-0.2, -0.15) is 0 Å². The van der Waals surface area contributed by atoms with Crippen LogP contribution in [0, 0.1) is 5.92 Å². The molecular weight excluding hydrogens is 208 g/mol. The van der Waals surface area contributed by atoms with Crippen LogP contribution in [0.1, 0.15) is 31.7 Å². The predicted octanol–water partition coefficient (Wildman–Crippen LogP) is 2.64. The van der Waals surface area contributed by atoms with Crippen LogP contribution < -0.4 is 5.73 Å². The van der Waals surface area contributed by atoms with Crippen LogP contribution in [-0.2, 0) is 6.54 Å². The Morgan fingerprint density at radius 1 is 1.24 bits per heavy atom. The predicted molar refractivity (Wildman–Crippen MR) is 72.7 cm³/mol. The van der Waals surface area contributed by atoms with Crippen LogP contribution in [0.5, 0.6) is 0 Å². The van der Waals surface area contributed by atoms with Crippen LogP contribution in [0.4, 0.5) is 0 Å². The maximum atomic E-state index is 5.88. The molecule has 0 saturated heterocycles. The topological polar surface area (TPSA) is 29.3 Å². The van der Waals surface area contributed by atoms with Crippen molar-refractivity contribution in [3.63, 3.8) is 0 Å². The van der Waals surface area contributed by atoms with Crippen LogP contribution in [0.25, 0.3) is 0 Å². The molecule has 1 aliphatic carbocycles. The fourth-order valence-electron chi connectivity index (χ4n) is 3.05. The van der Waals surface area contributed by atoms with Gasteiger partial charge >= 0.3 is 0 Å². The Kier molecular flexibility index (Phi) is 4.57. The standard InChI is InChI=1S/C15H24N2/c1-2-17(12-13-7-4-3-5-8-13)15-10-6-9-14(15)11-16/h3-5,7-8,14-15H,2,6,9-12,16H2,1H3. The van der Waals surface area contributed by atoms with Gasteiger partial charge in [-0.1, -0.05) is 43.7 Å².